The summed E-state index contributed by atoms with van der Waals surface area (Å²) in [6.45, 7) is 3.81. The Hall–Kier alpha value is -3.13. The zero-order valence-electron chi connectivity index (χ0n) is 14.5. The van der Waals surface area contributed by atoms with Crippen LogP contribution in [0.4, 0.5) is 4.39 Å². The standard InChI is InChI=1S/C18H20FN5O2/c1-18(2)23-16(20)22-17(21)24(18)25-11-12-6-5-7-13(10-12)26-15-9-4-3-8-14(15)19/h3-10H,11H2,1-2H3,(H4,20,21,22,23). The third kappa shape index (κ3) is 3.92. The summed E-state index contributed by atoms with van der Waals surface area (Å²) in [5, 5.41) is 1.40. The maximum absolute atomic E-state index is 13.7. The molecule has 7 nitrogen and oxygen atoms in total. The van der Waals surface area contributed by atoms with Crippen molar-refractivity contribution in [3.63, 3.8) is 0 Å². The first-order chi connectivity index (χ1) is 12.3. The van der Waals surface area contributed by atoms with Crippen molar-refractivity contribution in [2.75, 3.05) is 0 Å². The molecule has 136 valence electrons. The Kier molecular flexibility index (Phi) is 4.77. The average Bonchev–Trinajstić information content (AvgIpc) is 2.55. The number of guanidine groups is 2. The second-order valence-electron chi connectivity index (χ2n) is 6.18. The number of aliphatic imine (C=N–C) groups is 2. The van der Waals surface area contributed by atoms with Gasteiger partial charge in [-0.05, 0) is 43.7 Å². The van der Waals surface area contributed by atoms with E-state index in [1.807, 2.05) is 6.07 Å². The SMILES string of the molecule is CC1(C)N=C(N)N=C(N)N1OCc1cccc(Oc2ccccc2F)c1. The molecule has 0 radical (unpaired) electrons. The first-order valence-corrected chi connectivity index (χ1v) is 7.99. The zero-order valence-corrected chi connectivity index (χ0v) is 14.5. The minimum absolute atomic E-state index is 0.104. The summed E-state index contributed by atoms with van der Waals surface area (Å²) in [7, 11) is 0. The molecule has 1 heterocycles. The van der Waals surface area contributed by atoms with Crippen molar-refractivity contribution in [2.45, 2.75) is 26.1 Å². The highest BCUT2D eigenvalue weighted by Crippen LogP contribution is 2.26. The Morgan fingerprint density at radius 2 is 1.88 bits per heavy atom. The van der Waals surface area contributed by atoms with Crippen molar-refractivity contribution in [1.82, 2.24) is 5.06 Å². The fraction of sp³-hybridized carbons (Fsp3) is 0.222. The van der Waals surface area contributed by atoms with E-state index >= 15 is 0 Å². The van der Waals surface area contributed by atoms with E-state index in [0.29, 0.717) is 5.75 Å². The van der Waals surface area contributed by atoms with Gasteiger partial charge in [0.2, 0.25) is 11.9 Å². The molecule has 0 saturated carbocycles. The molecule has 1 aliphatic rings. The number of para-hydroxylation sites is 1. The van der Waals surface area contributed by atoms with Gasteiger partial charge < -0.3 is 16.2 Å². The summed E-state index contributed by atoms with van der Waals surface area (Å²) < 4.78 is 19.3. The molecule has 0 fully saturated rings. The first-order valence-electron chi connectivity index (χ1n) is 7.99. The van der Waals surface area contributed by atoms with E-state index in [4.69, 9.17) is 21.0 Å². The van der Waals surface area contributed by atoms with Crippen LogP contribution in [0.3, 0.4) is 0 Å². The quantitative estimate of drug-likeness (QED) is 0.857. The Morgan fingerprint density at radius 1 is 1.12 bits per heavy atom. The van der Waals surface area contributed by atoms with Gasteiger partial charge in [-0.2, -0.15) is 10.1 Å². The summed E-state index contributed by atoms with van der Waals surface area (Å²) in [6.07, 6.45) is 0. The van der Waals surface area contributed by atoms with Crippen molar-refractivity contribution in [3.05, 3.63) is 59.9 Å². The third-order valence-corrected chi connectivity index (χ3v) is 3.65. The lowest BCUT2D eigenvalue weighted by molar-refractivity contribution is -0.166. The number of hydroxylamine groups is 2. The van der Waals surface area contributed by atoms with E-state index in [-0.39, 0.29) is 24.3 Å². The molecule has 1 aliphatic heterocycles. The van der Waals surface area contributed by atoms with Gasteiger partial charge in [0.15, 0.2) is 17.2 Å². The van der Waals surface area contributed by atoms with Crippen LogP contribution >= 0.6 is 0 Å². The predicted octanol–water partition coefficient (Wildman–Crippen LogP) is 2.73. The van der Waals surface area contributed by atoms with Crippen LogP contribution in [0.1, 0.15) is 19.4 Å². The molecule has 0 amide bonds. The number of hydrogen-bond donors (Lipinski definition) is 2. The average molecular weight is 357 g/mol. The highest BCUT2D eigenvalue weighted by Gasteiger charge is 2.33. The molecule has 0 unspecified atom stereocenters. The molecule has 8 heteroatoms. The third-order valence-electron chi connectivity index (χ3n) is 3.65. The van der Waals surface area contributed by atoms with E-state index in [2.05, 4.69) is 9.98 Å². The van der Waals surface area contributed by atoms with E-state index < -0.39 is 11.5 Å². The summed E-state index contributed by atoms with van der Waals surface area (Å²) in [4.78, 5) is 13.9. The largest absolute Gasteiger partial charge is 0.454 e. The Morgan fingerprint density at radius 3 is 2.62 bits per heavy atom. The Bertz CT molecular complexity index is 866. The van der Waals surface area contributed by atoms with E-state index in [9.17, 15) is 4.39 Å². The van der Waals surface area contributed by atoms with Gasteiger partial charge in [-0.25, -0.2) is 9.38 Å². The molecule has 0 saturated heterocycles. The molecule has 0 aliphatic carbocycles. The van der Waals surface area contributed by atoms with Crippen molar-refractivity contribution >= 4 is 11.9 Å². The fourth-order valence-corrected chi connectivity index (χ4v) is 2.51. The van der Waals surface area contributed by atoms with Crippen molar-refractivity contribution in [2.24, 2.45) is 21.5 Å². The summed E-state index contributed by atoms with van der Waals surface area (Å²) in [5.41, 5.74) is 11.5. The zero-order chi connectivity index (χ0) is 18.7. The molecule has 0 bridgehead atoms. The minimum Gasteiger partial charge on any atom is -0.454 e. The van der Waals surface area contributed by atoms with Crippen LogP contribution in [0.5, 0.6) is 11.5 Å². The molecule has 4 N–H and O–H groups in total. The van der Waals surface area contributed by atoms with Gasteiger partial charge in [0, 0.05) is 0 Å². The number of benzene rings is 2. The number of halogens is 1. The minimum atomic E-state index is -0.781. The maximum atomic E-state index is 13.7. The first kappa shape index (κ1) is 17.7. The van der Waals surface area contributed by atoms with Gasteiger partial charge in [0.05, 0.1) is 0 Å². The lowest BCUT2D eigenvalue weighted by Gasteiger charge is -2.36. The van der Waals surface area contributed by atoms with Gasteiger partial charge in [-0.3, -0.25) is 4.84 Å². The van der Waals surface area contributed by atoms with Crippen molar-refractivity contribution in [1.29, 1.82) is 0 Å². The van der Waals surface area contributed by atoms with Crippen molar-refractivity contribution in [3.8, 4) is 11.5 Å². The van der Waals surface area contributed by atoms with E-state index in [0.717, 1.165) is 5.56 Å². The van der Waals surface area contributed by atoms with Gasteiger partial charge in [0.1, 0.15) is 12.4 Å². The molecule has 0 aromatic heterocycles. The molecule has 0 spiro atoms. The molecule has 0 atom stereocenters. The summed E-state index contributed by atoms with van der Waals surface area (Å²) in [6, 6.07) is 13.4. The van der Waals surface area contributed by atoms with Crippen LogP contribution in [-0.4, -0.2) is 22.6 Å². The monoisotopic (exact) mass is 357 g/mol. The fourth-order valence-electron chi connectivity index (χ4n) is 2.51. The van der Waals surface area contributed by atoms with Gasteiger partial charge in [-0.1, -0.05) is 24.3 Å². The molecular weight excluding hydrogens is 337 g/mol. The normalized spacial score (nSPS) is 16.0. The molecule has 3 rings (SSSR count). The van der Waals surface area contributed by atoms with Crippen LogP contribution in [0.2, 0.25) is 0 Å². The second kappa shape index (κ2) is 7.01. The molecule has 26 heavy (non-hydrogen) atoms. The molecular formula is C18H20FN5O2. The lowest BCUT2D eigenvalue weighted by atomic mass is 10.2. The smallest absolute Gasteiger partial charge is 0.226 e. The highest BCUT2D eigenvalue weighted by molar-refractivity contribution is 5.95. The number of nitrogens with two attached hydrogens (primary N) is 2. The summed E-state index contributed by atoms with van der Waals surface area (Å²) in [5.74, 6) is 0.458. The number of rotatable bonds is 5. The number of nitrogens with zero attached hydrogens (tertiary/aromatic N) is 3. The van der Waals surface area contributed by atoms with E-state index in [1.54, 1.807) is 50.2 Å². The van der Waals surface area contributed by atoms with Crippen LogP contribution < -0.4 is 16.2 Å². The molecule has 2 aromatic rings. The van der Waals surface area contributed by atoms with Crippen LogP contribution in [0.25, 0.3) is 0 Å². The summed E-state index contributed by atoms with van der Waals surface area (Å²) >= 11 is 0. The topological polar surface area (TPSA) is 98.5 Å². The number of hydrogen-bond acceptors (Lipinski definition) is 7. The second-order valence-corrected chi connectivity index (χ2v) is 6.18. The maximum Gasteiger partial charge on any atom is 0.226 e. The van der Waals surface area contributed by atoms with E-state index in [1.165, 1.54) is 11.1 Å². The number of ether oxygens (including phenoxy) is 1. The van der Waals surface area contributed by atoms with Crippen LogP contribution in [0.15, 0.2) is 58.5 Å². The van der Waals surface area contributed by atoms with Gasteiger partial charge in [0.25, 0.3) is 0 Å². The van der Waals surface area contributed by atoms with Crippen LogP contribution in [-0.2, 0) is 11.4 Å². The Labute approximate surface area is 150 Å². The van der Waals surface area contributed by atoms with Crippen molar-refractivity contribution < 1.29 is 14.0 Å². The highest BCUT2D eigenvalue weighted by atomic mass is 19.1. The Balaban J connectivity index is 1.70. The van der Waals surface area contributed by atoms with Crippen LogP contribution in [0, 0.1) is 5.82 Å². The lowest BCUT2D eigenvalue weighted by Crippen LogP contribution is -2.53. The van der Waals surface area contributed by atoms with Gasteiger partial charge in [-0.15, -0.1) is 0 Å². The van der Waals surface area contributed by atoms with Gasteiger partial charge >= 0.3 is 0 Å². The molecule has 2 aromatic carbocycles. The predicted molar refractivity (Wildman–Crippen MR) is 96.9 cm³/mol.